The number of fused-ring (bicyclic) bond motifs is 1. The second kappa shape index (κ2) is 5.50. The van der Waals surface area contributed by atoms with Gasteiger partial charge in [-0.1, -0.05) is 30.6 Å². The van der Waals surface area contributed by atoms with Crippen molar-refractivity contribution in [3.63, 3.8) is 0 Å². The van der Waals surface area contributed by atoms with Crippen molar-refractivity contribution in [2.45, 2.75) is 31.9 Å². The van der Waals surface area contributed by atoms with E-state index < -0.39 is 0 Å². The number of hydrogen-bond acceptors (Lipinski definition) is 6. The number of nitrogens with two attached hydrogens (primary N) is 1. The van der Waals surface area contributed by atoms with E-state index in [1.807, 2.05) is 24.3 Å². The van der Waals surface area contributed by atoms with E-state index in [1.54, 1.807) is 0 Å². The van der Waals surface area contributed by atoms with E-state index in [-0.39, 0.29) is 12.1 Å². The van der Waals surface area contributed by atoms with Crippen LogP contribution in [0, 0.1) is 0 Å². The van der Waals surface area contributed by atoms with Crippen LogP contribution in [0.4, 0.5) is 0 Å². The molecule has 2 aromatic rings. The summed E-state index contributed by atoms with van der Waals surface area (Å²) in [4.78, 5) is 4.32. The van der Waals surface area contributed by atoms with Crippen molar-refractivity contribution in [2.75, 3.05) is 6.61 Å². The molecule has 2 N–H and O–H groups in total. The number of rotatable bonds is 4. The highest BCUT2D eigenvalue weighted by Gasteiger charge is 2.27. The van der Waals surface area contributed by atoms with Crippen molar-refractivity contribution >= 4 is 0 Å². The first-order valence-corrected chi connectivity index (χ1v) is 6.75. The minimum absolute atomic E-state index is 0.224. The highest BCUT2D eigenvalue weighted by molar-refractivity contribution is 5.40. The Morgan fingerprint density at radius 2 is 2.15 bits per heavy atom. The van der Waals surface area contributed by atoms with E-state index in [4.69, 9.17) is 19.7 Å². The van der Waals surface area contributed by atoms with Crippen molar-refractivity contribution in [3.8, 4) is 11.5 Å². The summed E-state index contributed by atoms with van der Waals surface area (Å²) < 4.78 is 16.6. The van der Waals surface area contributed by atoms with Crippen LogP contribution in [0.15, 0.2) is 28.8 Å². The van der Waals surface area contributed by atoms with Gasteiger partial charge in [-0.3, -0.25) is 0 Å². The van der Waals surface area contributed by atoms with E-state index in [0.29, 0.717) is 24.1 Å². The number of ether oxygens (including phenoxy) is 2. The van der Waals surface area contributed by atoms with E-state index in [0.717, 1.165) is 18.6 Å². The summed E-state index contributed by atoms with van der Waals surface area (Å²) in [7, 11) is 0. The second-order valence-corrected chi connectivity index (χ2v) is 4.75. The highest BCUT2D eigenvalue weighted by atomic mass is 16.6. The van der Waals surface area contributed by atoms with Gasteiger partial charge < -0.3 is 19.7 Å². The zero-order chi connectivity index (χ0) is 13.9. The van der Waals surface area contributed by atoms with Gasteiger partial charge in [-0.15, -0.1) is 0 Å². The van der Waals surface area contributed by atoms with Crippen molar-refractivity contribution in [1.82, 2.24) is 10.1 Å². The third kappa shape index (κ3) is 2.46. The zero-order valence-corrected chi connectivity index (χ0v) is 11.3. The Kier molecular flexibility index (Phi) is 3.56. The topological polar surface area (TPSA) is 83.4 Å². The molecule has 20 heavy (non-hydrogen) atoms. The molecule has 6 nitrogen and oxygen atoms in total. The summed E-state index contributed by atoms with van der Waals surface area (Å²) >= 11 is 0. The summed E-state index contributed by atoms with van der Waals surface area (Å²) in [5.41, 5.74) is 5.96. The lowest BCUT2D eigenvalue weighted by atomic mass is 10.2. The molecule has 0 saturated carbocycles. The molecule has 0 spiro atoms. The Bertz CT molecular complexity index is 585. The van der Waals surface area contributed by atoms with Gasteiger partial charge in [-0.2, -0.15) is 4.98 Å². The summed E-state index contributed by atoms with van der Waals surface area (Å²) in [6.07, 6.45) is 1.41. The Balaban J connectivity index is 1.75. The molecule has 0 amide bonds. The molecule has 0 fully saturated rings. The molecule has 1 aromatic heterocycles. The standard InChI is InChI=1S/C14H17N3O3/c1-2-5-9(15)14-16-13(17-20-14)12-8-18-10-6-3-4-7-11(10)19-12/h3-4,6-7,9,12H,2,5,8,15H2,1H3/t9-,12?/m0/s1. The van der Waals surface area contributed by atoms with Crippen molar-refractivity contribution in [2.24, 2.45) is 5.73 Å². The molecule has 2 atom stereocenters. The highest BCUT2D eigenvalue weighted by Crippen LogP contribution is 2.35. The molecule has 1 aliphatic rings. The Labute approximate surface area is 116 Å². The molecule has 0 aliphatic carbocycles. The predicted octanol–water partition coefficient (Wildman–Crippen LogP) is 2.38. The van der Waals surface area contributed by atoms with Gasteiger partial charge in [-0.05, 0) is 18.6 Å². The van der Waals surface area contributed by atoms with Crippen LogP contribution in [0.25, 0.3) is 0 Å². The van der Waals surface area contributed by atoms with Crippen LogP contribution in [-0.4, -0.2) is 16.7 Å². The monoisotopic (exact) mass is 275 g/mol. The molecule has 1 aliphatic heterocycles. The largest absolute Gasteiger partial charge is 0.485 e. The minimum atomic E-state index is -0.365. The average Bonchev–Trinajstić information content (AvgIpc) is 2.97. The van der Waals surface area contributed by atoms with Gasteiger partial charge >= 0.3 is 0 Å². The van der Waals surface area contributed by atoms with Gasteiger partial charge in [-0.25, -0.2) is 0 Å². The fourth-order valence-electron chi connectivity index (χ4n) is 2.11. The molecular formula is C14H17N3O3. The maximum absolute atomic E-state index is 5.96. The Hall–Kier alpha value is -2.08. The number of benzene rings is 1. The van der Waals surface area contributed by atoms with Crippen molar-refractivity contribution in [3.05, 3.63) is 36.0 Å². The lowest BCUT2D eigenvalue weighted by Crippen LogP contribution is -2.22. The molecule has 106 valence electrons. The zero-order valence-electron chi connectivity index (χ0n) is 11.3. The van der Waals surface area contributed by atoms with Crippen molar-refractivity contribution in [1.29, 1.82) is 0 Å². The normalized spacial score (nSPS) is 18.8. The second-order valence-electron chi connectivity index (χ2n) is 4.75. The third-order valence-corrected chi connectivity index (χ3v) is 3.17. The molecule has 1 unspecified atom stereocenters. The van der Waals surface area contributed by atoms with Gasteiger partial charge in [0.2, 0.25) is 11.7 Å². The average molecular weight is 275 g/mol. The van der Waals surface area contributed by atoms with Gasteiger partial charge in [0.05, 0.1) is 6.04 Å². The summed E-state index contributed by atoms with van der Waals surface area (Å²) in [5, 5.41) is 3.94. The van der Waals surface area contributed by atoms with E-state index in [1.165, 1.54) is 0 Å². The fourth-order valence-corrected chi connectivity index (χ4v) is 2.11. The predicted molar refractivity (Wildman–Crippen MR) is 71.4 cm³/mol. The molecular weight excluding hydrogens is 258 g/mol. The first-order valence-electron chi connectivity index (χ1n) is 6.75. The summed E-state index contributed by atoms with van der Waals surface area (Å²) in [6.45, 7) is 2.42. The minimum Gasteiger partial charge on any atom is -0.485 e. The van der Waals surface area contributed by atoms with Crippen LogP contribution in [0.3, 0.4) is 0 Å². The number of para-hydroxylation sites is 2. The van der Waals surface area contributed by atoms with E-state index in [2.05, 4.69) is 17.1 Å². The van der Waals surface area contributed by atoms with Crippen LogP contribution < -0.4 is 15.2 Å². The smallest absolute Gasteiger partial charge is 0.243 e. The van der Waals surface area contributed by atoms with Crippen LogP contribution in [0.1, 0.15) is 43.6 Å². The molecule has 0 bridgehead atoms. The number of nitrogens with zero attached hydrogens (tertiary/aromatic N) is 2. The lowest BCUT2D eigenvalue weighted by Gasteiger charge is -2.24. The first-order chi connectivity index (χ1) is 9.78. The maximum atomic E-state index is 5.96. The molecule has 0 radical (unpaired) electrons. The Morgan fingerprint density at radius 1 is 1.35 bits per heavy atom. The van der Waals surface area contributed by atoms with Gasteiger partial charge in [0.15, 0.2) is 17.6 Å². The first kappa shape index (κ1) is 12.9. The van der Waals surface area contributed by atoms with Crippen LogP contribution in [0.2, 0.25) is 0 Å². The van der Waals surface area contributed by atoms with E-state index in [9.17, 15) is 0 Å². The van der Waals surface area contributed by atoms with Gasteiger partial charge in [0.25, 0.3) is 0 Å². The SMILES string of the molecule is CCC[C@H](N)c1nc(C2COc3ccccc3O2)no1. The Morgan fingerprint density at radius 3 is 2.95 bits per heavy atom. The van der Waals surface area contributed by atoms with Gasteiger partial charge in [0, 0.05) is 0 Å². The molecule has 0 saturated heterocycles. The maximum Gasteiger partial charge on any atom is 0.243 e. The third-order valence-electron chi connectivity index (χ3n) is 3.17. The molecule has 1 aromatic carbocycles. The summed E-state index contributed by atoms with van der Waals surface area (Å²) in [5.74, 6) is 2.34. The van der Waals surface area contributed by atoms with Crippen LogP contribution in [0.5, 0.6) is 11.5 Å². The fraction of sp³-hybridized carbons (Fsp3) is 0.429. The van der Waals surface area contributed by atoms with Crippen LogP contribution >= 0.6 is 0 Å². The number of aromatic nitrogens is 2. The molecule has 6 heteroatoms. The van der Waals surface area contributed by atoms with Crippen LogP contribution in [-0.2, 0) is 0 Å². The van der Waals surface area contributed by atoms with Crippen molar-refractivity contribution < 1.29 is 14.0 Å². The molecule has 3 rings (SSSR count). The molecule has 2 heterocycles. The van der Waals surface area contributed by atoms with Gasteiger partial charge in [0.1, 0.15) is 6.61 Å². The quantitative estimate of drug-likeness (QED) is 0.922. The lowest BCUT2D eigenvalue weighted by molar-refractivity contribution is 0.0832. The number of hydrogen-bond donors (Lipinski definition) is 1. The van der Waals surface area contributed by atoms with E-state index >= 15 is 0 Å². The summed E-state index contributed by atoms with van der Waals surface area (Å²) in [6, 6.07) is 7.29.